The Kier molecular flexibility index (Phi) is 6.89. The van der Waals surface area contributed by atoms with E-state index in [4.69, 9.17) is 5.26 Å². The Labute approximate surface area is 195 Å². The zero-order valence-corrected chi connectivity index (χ0v) is 19.1. The predicted octanol–water partition coefficient (Wildman–Crippen LogP) is 5.45. The topological polar surface area (TPSA) is 64.4 Å². The number of nitriles is 1. The number of benzene rings is 2. The molecule has 172 valence electrons. The van der Waals surface area contributed by atoms with E-state index in [1.807, 2.05) is 6.07 Å². The van der Waals surface area contributed by atoms with E-state index in [1.54, 1.807) is 38.1 Å². The summed E-state index contributed by atoms with van der Waals surface area (Å²) >= 11 is 4.63. The van der Waals surface area contributed by atoms with Gasteiger partial charge in [-0.2, -0.15) is 18.4 Å². The molecule has 1 amide bonds. The predicted molar refractivity (Wildman–Crippen MR) is 121 cm³/mol. The van der Waals surface area contributed by atoms with Crippen LogP contribution < -0.4 is 4.90 Å². The fraction of sp³-hybridized carbons (Fsp3) is 0.292. The molecule has 0 aliphatic carbocycles. The highest BCUT2D eigenvalue weighted by Crippen LogP contribution is 2.44. The smallest absolute Gasteiger partial charge is 0.315 e. The Morgan fingerprint density at radius 2 is 1.79 bits per heavy atom. The number of nitrogens with zero attached hydrogens (tertiary/aromatic N) is 3. The van der Waals surface area contributed by atoms with Gasteiger partial charge in [0.15, 0.2) is 11.3 Å². The highest BCUT2D eigenvalue weighted by molar-refractivity contribution is 7.81. The number of hydrogen-bond donors (Lipinski definition) is 1. The van der Waals surface area contributed by atoms with Crippen LogP contribution in [0.1, 0.15) is 49.9 Å². The summed E-state index contributed by atoms with van der Waals surface area (Å²) in [4.78, 5) is 28.7. The van der Waals surface area contributed by atoms with Gasteiger partial charge in [-0.1, -0.05) is 25.1 Å². The lowest BCUT2D eigenvalue weighted by atomic mass is 9.90. The summed E-state index contributed by atoms with van der Waals surface area (Å²) in [5.74, 6) is -0.652. The van der Waals surface area contributed by atoms with Gasteiger partial charge in [-0.05, 0) is 49.7 Å². The van der Waals surface area contributed by atoms with Crippen molar-refractivity contribution >= 4 is 30.0 Å². The van der Waals surface area contributed by atoms with E-state index in [1.165, 1.54) is 28.9 Å². The normalized spacial score (nSPS) is 18.8. The summed E-state index contributed by atoms with van der Waals surface area (Å²) in [5.41, 5.74) is 0.0305. The number of allylic oxidation sites excluding steroid dienone is 1. The molecule has 0 radical (unpaired) electrons. The Hall–Kier alpha value is -3.25. The molecule has 2 unspecified atom stereocenters. The van der Waals surface area contributed by atoms with Gasteiger partial charge in [-0.3, -0.25) is 9.59 Å². The van der Waals surface area contributed by atoms with Crippen LogP contribution in [-0.4, -0.2) is 22.1 Å². The highest BCUT2D eigenvalue weighted by Gasteiger charge is 2.43. The summed E-state index contributed by atoms with van der Waals surface area (Å²) in [6.45, 7) is 4.64. The molecule has 5 nitrogen and oxygen atoms in total. The van der Waals surface area contributed by atoms with Crippen molar-refractivity contribution in [1.29, 1.82) is 5.26 Å². The van der Waals surface area contributed by atoms with Gasteiger partial charge in [0.2, 0.25) is 5.91 Å². The lowest BCUT2D eigenvalue weighted by Gasteiger charge is -2.48. The van der Waals surface area contributed by atoms with Gasteiger partial charge in [-0.25, -0.2) is 0 Å². The number of carbonyl (C=O) groups is 2. The first kappa shape index (κ1) is 24.4. The molecule has 1 aliphatic heterocycles. The van der Waals surface area contributed by atoms with Crippen molar-refractivity contribution in [3.63, 3.8) is 0 Å². The van der Waals surface area contributed by atoms with Gasteiger partial charge in [0, 0.05) is 23.4 Å². The van der Waals surface area contributed by atoms with Crippen LogP contribution in [0.15, 0.2) is 59.8 Å². The first-order valence-electron chi connectivity index (χ1n) is 10.2. The summed E-state index contributed by atoms with van der Waals surface area (Å²) < 4.78 is 40.0. The highest BCUT2D eigenvalue weighted by atomic mass is 32.1. The molecule has 1 heterocycles. The van der Waals surface area contributed by atoms with Crippen molar-refractivity contribution in [3.05, 3.63) is 76.5 Å². The zero-order chi connectivity index (χ0) is 24.5. The Morgan fingerprint density at radius 1 is 1.15 bits per heavy atom. The van der Waals surface area contributed by atoms with Crippen molar-refractivity contribution in [2.45, 2.75) is 44.9 Å². The molecule has 0 saturated heterocycles. The lowest BCUT2D eigenvalue weighted by molar-refractivity contribution is -0.138. The van der Waals surface area contributed by atoms with Crippen LogP contribution in [0, 0.1) is 11.3 Å². The number of Topliss-reactive ketones (excluding diaryl/α,β-unsaturated/α-hetero) is 1. The monoisotopic (exact) mass is 473 g/mol. The molecule has 2 atom stereocenters. The van der Waals surface area contributed by atoms with Gasteiger partial charge >= 0.3 is 6.18 Å². The number of alkyl halides is 3. The van der Waals surface area contributed by atoms with Crippen LogP contribution in [0.5, 0.6) is 0 Å². The van der Waals surface area contributed by atoms with Gasteiger partial charge < -0.3 is 9.80 Å². The lowest BCUT2D eigenvalue weighted by Crippen LogP contribution is -2.54. The number of halogens is 3. The molecular weight excluding hydrogens is 451 g/mol. The van der Waals surface area contributed by atoms with Crippen LogP contribution in [0.4, 0.5) is 18.9 Å². The number of rotatable bonds is 4. The molecule has 2 aromatic rings. The largest absolute Gasteiger partial charge is 0.416 e. The fourth-order valence-corrected chi connectivity index (χ4v) is 4.60. The molecule has 2 aromatic carbocycles. The van der Waals surface area contributed by atoms with Crippen molar-refractivity contribution in [2.24, 2.45) is 0 Å². The molecule has 0 fully saturated rings. The van der Waals surface area contributed by atoms with Gasteiger partial charge in [0.05, 0.1) is 23.2 Å². The molecule has 1 aliphatic rings. The first-order valence-corrected chi connectivity index (χ1v) is 10.7. The van der Waals surface area contributed by atoms with Crippen molar-refractivity contribution in [3.8, 4) is 6.07 Å². The second-order valence-electron chi connectivity index (χ2n) is 7.61. The average molecular weight is 474 g/mol. The van der Waals surface area contributed by atoms with E-state index in [0.717, 1.165) is 12.1 Å². The molecular formula is C24H22F3N3O2S. The van der Waals surface area contributed by atoms with E-state index < -0.39 is 23.3 Å². The van der Waals surface area contributed by atoms with E-state index in [2.05, 4.69) is 12.6 Å². The Morgan fingerprint density at radius 3 is 2.30 bits per heavy atom. The minimum atomic E-state index is -4.55. The van der Waals surface area contributed by atoms with Crippen molar-refractivity contribution in [2.75, 3.05) is 4.90 Å². The third-order valence-electron chi connectivity index (χ3n) is 5.56. The number of anilines is 1. The molecule has 0 aromatic heterocycles. The molecule has 33 heavy (non-hydrogen) atoms. The number of amides is 1. The maximum atomic E-state index is 13.3. The maximum absolute atomic E-state index is 13.3. The standard InChI is InChI=1S/C24H22F3N3O2S/c1-4-20(32)30-22(17-10-8-16(13-28)9-11-17)21(15(3)31)14(2)29(23(30)33)19-7-5-6-18(12-19)24(25,26)27/h5-12,22-23,33H,4H2,1-3H3. The molecule has 0 saturated carbocycles. The number of ketones is 1. The summed E-state index contributed by atoms with van der Waals surface area (Å²) in [6.07, 6.45) is -4.45. The summed E-state index contributed by atoms with van der Waals surface area (Å²) in [6, 6.07) is 12.4. The Balaban J connectivity index is 2.26. The fourth-order valence-electron chi connectivity index (χ4n) is 4.03. The maximum Gasteiger partial charge on any atom is 0.416 e. The third-order valence-corrected chi connectivity index (χ3v) is 6.04. The van der Waals surface area contributed by atoms with Crippen LogP contribution in [0.2, 0.25) is 0 Å². The second-order valence-corrected chi connectivity index (χ2v) is 8.07. The van der Waals surface area contributed by atoms with Gasteiger partial charge in [-0.15, -0.1) is 12.6 Å². The number of hydrogen-bond acceptors (Lipinski definition) is 5. The van der Waals surface area contributed by atoms with Crippen molar-refractivity contribution < 1.29 is 22.8 Å². The summed E-state index contributed by atoms with van der Waals surface area (Å²) in [7, 11) is 0. The zero-order valence-electron chi connectivity index (χ0n) is 18.2. The van der Waals surface area contributed by atoms with Crippen LogP contribution in [0.25, 0.3) is 0 Å². The quantitative estimate of drug-likeness (QED) is 0.600. The third kappa shape index (κ3) is 4.62. The first-order chi connectivity index (χ1) is 15.5. The number of carbonyl (C=O) groups excluding carboxylic acids is 2. The molecule has 3 rings (SSSR count). The van der Waals surface area contributed by atoms with Gasteiger partial charge in [0.25, 0.3) is 0 Å². The molecule has 0 N–H and O–H groups in total. The minimum absolute atomic E-state index is 0.102. The van der Waals surface area contributed by atoms with E-state index >= 15 is 0 Å². The summed E-state index contributed by atoms with van der Waals surface area (Å²) in [5, 5.41) is 9.10. The second kappa shape index (κ2) is 9.32. The van der Waals surface area contributed by atoms with Crippen LogP contribution in [0.3, 0.4) is 0 Å². The molecule has 9 heteroatoms. The van der Waals surface area contributed by atoms with Gasteiger partial charge in [0.1, 0.15) is 0 Å². The van der Waals surface area contributed by atoms with Crippen LogP contribution in [-0.2, 0) is 15.8 Å². The Bertz CT molecular complexity index is 1150. The minimum Gasteiger partial charge on any atom is -0.315 e. The van der Waals surface area contributed by atoms with Crippen molar-refractivity contribution in [1.82, 2.24) is 4.90 Å². The van der Waals surface area contributed by atoms with E-state index in [9.17, 15) is 22.8 Å². The van der Waals surface area contributed by atoms with E-state index in [-0.39, 0.29) is 29.4 Å². The SMILES string of the molecule is CCC(=O)N1C(c2ccc(C#N)cc2)C(C(C)=O)=C(C)N(c2cccc(C(F)(F)F)c2)C1S. The van der Waals surface area contributed by atoms with Crippen LogP contribution >= 0.6 is 12.6 Å². The molecule has 0 bridgehead atoms. The number of thiol groups is 1. The average Bonchev–Trinajstić information content (AvgIpc) is 2.77. The van der Waals surface area contributed by atoms with E-state index in [0.29, 0.717) is 16.8 Å². The molecule has 0 spiro atoms.